The molecule has 2 aromatic rings. The van der Waals surface area contributed by atoms with Crippen molar-refractivity contribution in [2.75, 3.05) is 5.32 Å². The molecule has 3 nitrogen and oxygen atoms in total. The molecule has 0 radical (unpaired) electrons. The van der Waals surface area contributed by atoms with Crippen LogP contribution < -0.4 is 5.32 Å². The number of carbonyl (C=O) groups excluding carboxylic acids is 1. The second kappa shape index (κ2) is 6.88. The first-order valence-corrected chi connectivity index (χ1v) is 7.85. The molecular formula is C15H13ClF3NO2S. The molecule has 1 N–H and O–H groups in total. The van der Waals surface area contributed by atoms with Crippen LogP contribution in [0.15, 0.2) is 39.6 Å². The first kappa shape index (κ1) is 17.7. The lowest BCUT2D eigenvalue weighted by atomic mass is 10.2. The van der Waals surface area contributed by atoms with Gasteiger partial charge in [-0.05, 0) is 32.0 Å². The predicted octanol–water partition coefficient (Wildman–Crippen LogP) is 5.37. The van der Waals surface area contributed by atoms with Crippen LogP contribution in [-0.4, -0.2) is 16.8 Å². The van der Waals surface area contributed by atoms with Gasteiger partial charge in [0.2, 0.25) is 0 Å². The fraction of sp³-hybridized carbons (Fsp3) is 0.267. The number of carbonyl (C=O) groups is 1. The van der Waals surface area contributed by atoms with E-state index < -0.39 is 16.8 Å². The van der Waals surface area contributed by atoms with Gasteiger partial charge in [0.1, 0.15) is 11.5 Å². The van der Waals surface area contributed by atoms with Crippen LogP contribution in [0.4, 0.5) is 18.9 Å². The SMILES string of the molecule is Cc1cc(C(=O)Nc2ccccc2SC(Cl)C(F)(F)F)c(C)o1. The van der Waals surface area contributed by atoms with Crippen LogP contribution in [0.25, 0.3) is 0 Å². The number of hydrogen-bond acceptors (Lipinski definition) is 3. The molecule has 0 fully saturated rings. The van der Waals surface area contributed by atoms with Gasteiger partial charge in [-0.15, -0.1) is 11.6 Å². The lowest BCUT2D eigenvalue weighted by Crippen LogP contribution is -2.20. The fourth-order valence-electron chi connectivity index (χ4n) is 1.90. The van der Waals surface area contributed by atoms with E-state index in [4.69, 9.17) is 16.0 Å². The Morgan fingerprint density at radius 3 is 2.52 bits per heavy atom. The number of alkyl halides is 4. The van der Waals surface area contributed by atoms with Crippen LogP contribution in [0.5, 0.6) is 0 Å². The van der Waals surface area contributed by atoms with Crippen molar-refractivity contribution in [3.05, 3.63) is 47.4 Å². The number of aryl methyl sites for hydroxylation is 2. The molecular weight excluding hydrogens is 351 g/mol. The number of halogens is 4. The number of anilines is 1. The summed E-state index contributed by atoms with van der Waals surface area (Å²) in [7, 11) is 0. The Morgan fingerprint density at radius 1 is 1.30 bits per heavy atom. The van der Waals surface area contributed by atoms with E-state index in [1.165, 1.54) is 12.1 Å². The molecule has 0 aliphatic rings. The van der Waals surface area contributed by atoms with Crippen molar-refractivity contribution < 1.29 is 22.4 Å². The van der Waals surface area contributed by atoms with Crippen LogP contribution in [0.1, 0.15) is 21.9 Å². The number of amides is 1. The molecule has 23 heavy (non-hydrogen) atoms. The standard InChI is InChI=1S/C15H13ClF3NO2S/c1-8-7-10(9(2)22-8)13(21)20-11-5-3-4-6-12(11)23-14(16)15(17,18)19/h3-7,14H,1-2H3,(H,20,21). The summed E-state index contributed by atoms with van der Waals surface area (Å²) in [5, 5.41) is 2.59. The summed E-state index contributed by atoms with van der Waals surface area (Å²) < 4.78 is 41.0. The van der Waals surface area contributed by atoms with Gasteiger partial charge in [-0.3, -0.25) is 4.79 Å². The summed E-state index contributed by atoms with van der Waals surface area (Å²) in [6.07, 6.45) is -4.54. The average molecular weight is 364 g/mol. The van der Waals surface area contributed by atoms with Crippen molar-refractivity contribution >= 4 is 35.0 Å². The molecule has 1 unspecified atom stereocenters. The van der Waals surface area contributed by atoms with Gasteiger partial charge in [0.05, 0.1) is 11.3 Å². The Balaban J connectivity index is 2.21. The monoisotopic (exact) mass is 363 g/mol. The van der Waals surface area contributed by atoms with E-state index in [9.17, 15) is 18.0 Å². The summed E-state index contributed by atoms with van der Waals surface area (Å²) in [6.45, 7) is 3.34. The highest BCUT2D eigenvalue weighted by Gasteiger charge is 2.39. The molecule has 0 aliphatic heterocycles. The second-order valence-corrected chi connectivity index (χ2v) is 6.59. The maximum absolute atomic E-state index is 12.6. The van der Waals surface area contributed by atoms with Gasteiger partial charge in [0.15, 0.2) is 4.71 Å². The van der Waals surface area contributed by atoms with Gasteiger partial charge in [-0.2, -0.15) is 13.2 Å². The molecule has 1 heterocycles. The van der Waals surface area contributed by atoms with E-state index in [0.29, 0.717) is 28.8 Å². The fourth-order valence-corrected chi connectivity index (χ4v) is 2.94. The van der Waals surface area contributed by atoms with Crippen molar-refractivity contribution in [2.24, 2.45) is 0 Å². The second-order valence-electron chi connectivity index (χ2n) is 4.75. The summed E-state index contributed by atoms with van der Waals surface area (Å²) >= 11 is 5.78. The number of nitrogens with one attached hydrogen (secondary N) is 1. The highest BCUT2D eigenvalue weighted by molar-refractivity contribution is 8.01. The van der Waals surface area contributed by atoms with Gasteiger partial charge in [0, 0.05) is 4.90 Å². The van der Waals surface area contributed by atoms with Crippen molar-refractivity contribution in [1.29, 1.82) is 0 Å². The van der Waals surface area contributed by atoms with Gasteiger partial charge < -0.3 is 9.73 Å². The molecule has 0 spiro atoms. The molecule has 1 aromatic heterocycles. The molecule has 8 heteroatoms. The van der Waals surface area contributed by atoms with Crippen LogP contribution in [0, 0.1) is 13.8 Å². The van der Waals surface area contributed by atoms with E-state index in [1.54, 1.807) is 32.0 Å². The number of furan rings is 1. The van der Waals surface area contributed by atoms with Crippen LogP contribution in [-0.2, 0) is 0 Å². The largest absolute Gasteiger partial charge is 0.466 e. The van der Waals surface area contributed by atoms with Crippen molar-refractivity contribution in [1.82, 2.24) is 0 Å². The summed E-state index contributed by atoms with van der Waals surface area (Å²) in [5.74, 6) is 0.564. The molecule has 1 amide bonds. The number of benzene rings is 1. The Kier molecular flexibility index (Phi) is 5.31. The van der Waals surface area contributed by atoms with E-state index in [1.807, 2.05) is 0 Å². The third-order valence-electron chi connectivity index (χ3n) is 2.91. The van der Waals surface area contributed by atoms with E-state index in [2.05, 4.69) is 5.32 Å². The molecule has 0 saturated heterocycles. The van der Waals surface area contributed by atoms with Crippen LogP contribution in [0.3, 0.4) is 0 Å². The van der Waals surface area contributed by atoms with Crippen molar-refractivity contribution in [3.63, 3.8) is 0 Å². The van der Waals surface area contributed by atoms with E-state index in [-0.39, 0.29) is 10.6 Å². The predicted molar refractivity (Wildman–Crippen MR) is 84.1 cm³/mol. The Morgan fingerprint density at radius 2 is 1.96 bits per heavy atom. The molecule has 0 aliphatic carbocycles. The number of thioether (sulfide) groups is 1. The minimum atomic E-state index is -4.54. The first-order chi connectivity index (χ1) is 10.7. The first-order valence-electron chi connectivity index (χ1n) is 6.53. The quantitative estimate of drug-likeness (QED) is 0.586. The molecule has 2 rings (SSSR count). The number of hydrogen-bond donors (Lipinski definition) is 1. The summed E-state index contributed by atoms with van der Waals surface area (Å²) in [4.78, 5) is 12.5. The lowest BCUT2D eigenvalue weighted by molar-refractivity contribution is -0.113. The zero-order valence-corrected chi connectivity index (χ0v) is 13.8. The minimum Gasteiger partial charge on any atom is -0.466 e. The normalized spacial score (nSPS) is 13.0. The minimum absolute atomic E-state index is 0.232. The zero-order chi connectivity index (χ0) is 17.2. The van der Waals surface area contributed by atoms with Gasteiger partial charge in [0.25, 0.3) is 5.91 Å². The summed E-state index contributed by atoms with van der Waals surface area (Å²) in [6, 6.07) is 7.74. The topological polar surface area (TPSA) is 42.2 Å². The summed E-state index contributed by atoms with van der Waals surface area (Å²) in [5.41, 5.74) is 0.594. The number of rotatable bonds is 4. The van der Waals surface area contributed by atoms with Crippen molar-refractivity contribution in [3.8, 4) is 0 Å². The Bertz CT molecular complexity index is 715. The van der Waals surface area contributed by atoms with Gasteiger partial charge >= 0.3 is 6.18 Å². The van der Waals surface area contributed by atoms with E-state index in [0.717, 1.165) is 0 Å². The van der Waals surface area contributed by atoms with Crippen molar-refractivity contribution in [2.45, 2.75) is 29.6 Å². The van der Waals surface area contributed by atoms with Crippen LogP contribution in [0.2, 0.25) is 0 Å². The van der Waals surface area contributed by atoms with Gasteiger partial charge in [-0.1, -0.05) is 23.9 Å². The molecule has 124 valence electrons. The maximum atomic E-state index is 12.6. The number of para-hydroxylation sites is 1. The van der Waals surface area contributed by atoms with E-state index >= 15 is 0 Å². The highest BCUT2D eigenvalue weighted by atomic mass is 35.5. The molecule has 1 aromatic carbocycles. The molecule has 0 saturated carbocycles. The Hall–Kier alpha value is -1.60. The zero-order valence-electron chi connectivity index (χ0n) is 12.2. The molecule has 0 bridgehead atoms. The van der Waals surface area contributed by atoms with Gasteiger partial charge in [-0.25, -0.2) is 0 Å². The third kappa shape index (κ3) is 4.45. The maximum Gasteiger partial charge on any atom is 0.414 e. The lowest BCUT2D eigenvalue weighted by Gasteiger charge is -2.15. The Labute approximate surface area is 140 Å². The third-order valence-corrected chi connectivity index (χ3v) is 4.51. The highest BCUT2D eigenvalue weighted by Crippen LogP contribution is 2.40. The smallest absolute Gasteiger partial charge is 0.414 e. The average Bonchev–Trinajstić information content (AvgIpc) is 2.79. The molecule has 1 atom stereocenters. The van der Waals surface area contributed by atoms with Crippen LogP contribution >= 0.6 is 23.4 Å².